The highest BCUT2D eigenvalue weighted by molar-refractivity contribution is 5.80. The maximum atomic E-state index is 5.51. The fourth-order valence-corrected chi connectivity index (χ4v) is 1.79. The van der Waals surface area contributed by atoms with Gasteiger partial charge in [0.05, 0.1) is 18.5 Å². The molecule has 0 aliphatic carbocycles. The van der Waals surface area contributed by atoms with Gasteiger partial charge in [0.15, 0.2) is 5.96 Å². The first-order chi connectivity index (χ1) is 10.6. The van der Waals surface area contributed by atoms with Crippen molar-refractivity contribution in [2.24, 2.45) is 22.3 Å². The summed E-state index contributed by atoms with van der Waals surface area (Å²) in [7, 11) is 1.62. The Labute approximate surface area is 128 Å². The van der Waals surface area contributed by atoms with Crippen molar-refractivity contribution in [1.29, 1.82) is 0 Å². The van der Waals surface area contributed by atoms with Crippen molar-refractivity contribution >= 4 is 17.3 Å². The number of guanidine groups is 1. The van der Waals surface area contributed by atoms with E-state index in [1.54, 1.807) is 25.3 Å². The molecule has 0 fully saturated rings. The van der Waals surface area contributed by atoms with Gasteiger partial charge in [0.25, 0.3) is 0 Å². The van der Waals surface area contributed by atoms with Crippen LogP contribution in [0.15, 0.2) is 47.5 Å². The topological polar surface area (TPSA) is 112 Å². The highest BCUT2D eigenvalue weighted by atomic mass is 16.5. The lowest BCUT2D eigenvalue weighted by Crippen LogP contribution is -2.21. The average molecular weight is 295 g/mol. The third-order valence-electron chi connectivity index (χ3n) is 2.85. The third kappa shape index (κ3) is 3.91. The lowest BCUT2D eigenvalue weighted by Gasteiger charge is -2.05. The molecule has 6 heteroatoms. The molecular weight excluding hydrogens is 278 g/mol. The number of nitrogen functional groups attached to an aromatic ring is 1. The number of hydrogen-bond acceptors (Lipinski definition) is 4. The molecule has 2 rings (SSSR count). The van der Waals surface area contributed by atoms with Crippen LogP contribution in [0.4, 0.5) is 11.4 Å². The van der Waals surface area contributed by atoms with Crippen molar-refractivity contribution < 1.29 is 4.74 Å². The number of benzene rings is 2. The van der Waals surface area contributed by atoms with E-state index >= 15 is 0 Å². The molecule has 22 heavy (non-hydrogen) atoms. The zero-order valence-electron chi connectivity index (χ0n) is 12.1. The van der Waals surface area contributed by atoms with E-state index in [0.717, 1.165) is 16.9 Å². The van der Waals surface area contributed by atoms with Crippen molar-refractivity contribution in [3.05, 3.63) is 53.6 Å². The van der Waals surface area contributed by atoms with E-state index in [9.17, 15) is 0 Å². The van der Waals surface area contributed by atoms with E-state index in [-0.39, 0.29) is 5.96 Å². The maximum absolute atomic E-state index is 5.51. The molecule has 6 nitrogen and oxygen atoms in total. The van der Waals surface area contributed by atoms with E-state index in [1.165, 1.54) is 0 Å². The van der Waals surface area contributed by atoms with Crippen LogP contribution in [0.25, 0.3) is 0 Å². The quantitative estimate of drug-likeness (QED) is 0.224. The van der Waals surface area contributed by atoms with E-state index in [4.69, 9.17) is 22.0 Å². The predicted octanol–water partition coefficient (Wildman–Crippen LogP) is 1.29. The van der Waals surface area contributed by atoms with Gasteiger partial charge in [-0.3, -0.25) is 5.84 Å². The predicted molar refractivity (Wildman–Crippen MR) is 88.7 cm³/mol. The second kappa shape index (κ2) is 7.02. The Kier molecular flexibility index (Phi) is 4.85. The summed E-state index contributed by atoms with van der Waals surface area (Å²) in [6.45, 7) is 0. The second-order valence-corrected chi connectivity index (χ2v) is 4.39. The zero-order valence-corrected chi connectivity index (χ0v) is 12.1. The van der Waals surface area contributed by atoms with Crippen LogP contribution in [0, 0.1) is 11.8 Å². The molecular formula is C16H17N5O. The molecule has 0 unspecified atom stereocenters. The molecule has 0 spiro atoms. The summed E-state index contributed by atoms with van der Waals surface area (Å²) < 4.78 is 5.11. The summed E-state index contributed by atoms with van der Waals surface area (Å²) in [5.41, 5.74) is 16.1. The van der Waals surface area contributed by atoms with Crippen LogP contribution in [0.5, 0.6) is 5.75 Å². The molecule has 0 aliphatic heterocycles. The molecule has 0 saturated heterocycles. The first kappa shape index (κ1) is 15.2. The van der Waals surface area contributed by atoms with Gasteiger partial charge in [-0.2, -0.15) is 0 Å². The summed E-state index contributed by atoms with van der Waals surface area (Å²) in [6.07, 6.45) is 0. The smallest absolute Gasteiger partial charge is 0.191 e. The fourth-order valence-electron chi connectivity index (χ4n) is 1.79. The first-order valence-corrected chi connectivity index (χ1v) is 6.49. The number of methoxy groups -OCH3 is 1. The second-order valence-electron chi connectivity index (χ2n) is 4.39. The molecule has 0 amide bonds. The SMILES string of the molecule is COc1ccc(C#Cc2ccc(N=C(N)N)cc2NN)cc1. The summed E-state index contributed by atoms with van der Waals surface area (Å²) in [5.74, 6) is 12.4. The van der Waals surface area contributed by atoms with Crippen LogP contribution in [-0.4, -0.2) is 13.1 Å². The van der Waals surface area contributed by atoms with Crippen LogP contribution in [0.3, 0.4) is 0 Å². The van der Waals surface area contributed by atoms with Gasteiger partial charge in [0, 0.05) is 11.1 Å². The standard InChI is InChI=1S/C16H17N5O/c1-22-14-8-3-11(4-9-14)2-5-12-6-7-13(20-16(17)18)10-15(12)21-19/h3-4,6-10,21H,19H2,1H3,(H4,17,18,20). The van der Waals surface area contributed by atoms with E-state index in [0.29, 0.717) is 11.4 Å². The van der Waals surface area contributed by atoms with Crippen molar-refractivity contribution in [3.8, 4) is 17.6 Å². The monoisotopic (exact) mass is 295 g/mol. The highest BCUT2D eigenvalue weighted by Gasteiger charge is 2.00. The Balaban J connectivity index is 2.29. The summed E-state index contributed by atoms with van der Waals surface area (Å²) in [5, 5.41) is 0. The average Bonchev–Trinajstić information content (AvgIpc) is 2.53. The van der Waals surface area contributed by atoms with E-state index in [2.05, 4.69) is 22.3 Å². The van der Waals surface area contributed by atoms with Gasteiger partial charge in [0.2, 0.25) is 0 Å². The molecule has 2 aromatic carbocycles. The van der Waals surface area contributed by atoms with Gasteiger partial charge < -0.3 is 21.6 Å². The van der Waals surface area contributed by atoms with Crippen molar-refractivity contribution in [3.63, 3.8) is 0 Å². The van der Waals surface area contributed by atoms with Crippen LogP contribution in [0.1, 0.15) is 11.1 Å². The van der Waals surface area contributed by atoms with Gasteiger partial charge in [-0.05, 0) is 42.5 Å². The number of nitrogens with one attached hydrogen (secondary N) is 1. The number of anilines is 1. The Hall–Kier alpha value is -3.17. The van der Waals surface area contributed by atoms with Crippen molar-refractivity contribution in [2.45, 2.75) is 0 Å². The minimum atomic E-state index is -0.0139. The van der Waals surface area contributed by atoms with Crippen LogP contribution in [-0.2, 0) is 0 Å². The number of nitrogens with two attached hydrogens (primary N) is 3. The number of nitrogens with zero attached hydrogens (tertiary/aromatic N) is 1. The summed E-state index contributed by atoms with van der Waals surface area (Å²) >= 11 is 0. The molecule has 0 atom stereocenters. The van der Waals surface area contributed by atoms with Gasteiger partial charge in [-0.15, -0.1) is 0 Å². The number of hydrogen-bond donors (Lipinski definition) is 4. The number of ether oxygens (including phenoxy) is 1. The Morgan fingerprint density at radius 3 is 2.41 bits per heavy atom. The largest absolute Gasteiger partial charge is 0.497 e. The van der Waals surface area contributed by atoms with Crippen LogP contribution < -0.4 is 27.5 Å². The Morgan fingerprint density at radius 2 is 1.82 bits per heavy atom. The minimum absolute atomic E-state index is 0.0139. The van der Waals surface area contributed by atoms with Crippen LogP contribution in [0.2, 0.25) is 0 Å². The molecule has 0 aliphatic rings. The van der Waals surface area contributed by atoms with E-state index < -0.39 is 0 Å². The fraction of sp³-hybridized carbons (Fsp3) is 0.0625. The summed E-state index contributed by atoms with van der Waals surface area (Å²) in [6, 6.07) is 12.8. The molecule has 112 valence electrons. The minimum Gasteiger partial charge on any atom is -0.497 e. The number of aliphatic imine (C=N–C) groups is 1. The molecule has 0 radical (unpaired) electrons. The molecule has 2 aromatic rings. The molecule has 7 N–H and O–H groups in total. The van der Waals surface area contributed by atoms with Gasteiger partial charge in [-0.25, -0.2) is 4.99 Å². The maximum Gasteiger partial charge on any atom is 0.191 e. The van der Waals surface area contributed by atoms with Crippen molar-refractivity contribution in [2.75, 3.05) is 12.5 Å². The Bertz CT molecular complexity index is 737. The normalized spacial score (nSPS) is 9.36. The van der Waals surface area contributed by atoms with Crippen LogP contribution >= 0.6 is 0 Å². The van der Waals surface area contributed by atoms with Gasteiger partial charge in [0.1, 0.15) is 5.75 Å². The van der Waals surface area contributed by atoms with Gasteiger partial charge in [-0.1, -0.05) is 11.8 Å². The number of rotatable bonds is 3. The zero-order chi connectivity index (χ0) is 15.9. The lowest BCUT2D eigenvalue weighted by molar-refractivity contribution is 0.415. The molecule has 0 bridgehead atoms. The third-order valence-corrected chi connectivity index (χ3v) is 2.85. The van der Waals surface area contributed by atoms with E-state index in [1.807, 2.05) is 24.3 Å². The van der Waals surface area contributed by atoms with Gasteiger partial charge >= 0.3 is 0 Å². The molecule has 0 heterocycles. The van der Waals surface area contributed by atoms with Crippen molar-refractivity contribution in [1.82, 2.24) is 0 Å². The highest BCUT2D eigenvalue weighted by Crippen LogP contribution is 2.21. The lowest BCUT2D eigenvalue weighted by atomic mass is 10.1. The summed E-state index contributed by atoms with van der Waals surface area (Å²) in [4.78, 5) is 3.96. The molecule has 0 saturated carbocycles. The first-order valence-electron chi connectivity index (χ1n) is 6.49. The number of hydrazine groups is 1. The molecule has 0 aromatic heterocycles. The Morgan fingerprint density at radius 1 is 1.09 bits per heavy atom.